The summed E-state index contributed by atoms with van der Waals surface area (Å²) in [4.78, 5) is 21.7. The maximum absolute atomic E-state index is 10.9. The molecule has 0 bridgehead atoms. The first-order chi connectivity index (χ1) is 5.68. The van der Waals surface area contributed by atoms with Crippen molar-refractivity contribution in [3.05, 3.63) is 23.4 Å². The summed E-state index contributed by atoms with van der Waals surface area (Å²) in [6.45, 7) is 0.373. The fourth-order valence-corrected chi connectivity index (χ4v) is 1.32. The van der Waals surface area contributed by atoms with Gasteiger partial charge in [0.05, 0.1) is 6.10 Å². The molecule has 0 radical (unpaired) electrons. The quantitative estimate of drug-likeness (QED) is 0.353. The van der Waals surface area contributed by atoms with E-state index in [9.17, 15) is 14.7 Å². The summed E-state index contributed by atoms with van der Waals surface area (Å²) in [5.41, 5.74) is 1.10. The van der Waals surface area contributed by atoms with E-state index in [1.807, 2.05) is 0 Å². The van der Waals surface area contributed by atoms with Crippen LogP contribution in [-0.2, 0) is 9.59 Å². The van der Waals surface area contributed by atoms with Crippen LogP contribution in [-0.4, -0.2) is 29.3 Å². The van der Waals surface area contributed by atoms with Crippen LogP contribution >= 0.6 is 0 Å². The lowest BCUT2D eigenvalue weighted by molar-refractivity contribution is -0.131. The van der Waals surface area contributed by atoms with Crippen molar-refractivity contribution < 1.29 is 14.7 Å². The van der Waals surface area contributed by atoms with Gasteiger partial charge in [0.25, 0.3) is 0 Å². The van der Waals surface area contributed by atoms with Gasteiger partial charge >= 0.3 is 0 Å². The molecule has 0 spiro atoms. The second-order valence-electron chi connectivity index (χ2n) is 2.78. The van der Waals surface area contributed by atoms with Crippen LogP contribution < -0.4 is 5.32 Å². The second-order valence-corrected chi connectivity index (χ2v) is 2.78. The third kappa shape index (κ3) is 0.887. The van der Waals surface area contributed by atoms with E-state index in [0.29, 0.717) is 17.8 Å². The predicted octanol–water partition coefficient (Wildman–Crippen LogP) is -1.09. The topological polar surface area (TPSA) is 66.4 Å². The molecule has 0 unspecified atom stereocenters. The zero-order valence-corrected chi connectivity index (χ0v) is 6.20. The van der Waals surface area contributed by atoms with Crippen molar-refractivity contribution in [2.45, 2.75) is 6.10 Å². The molecule has 62 valence electrons. The number of nitrogens with one attached hydrogen (secondary N) is 1. The number of β-amino-alcohol motifs (C(OH)–C–C–N with tert-alkyl or cyclic N) is 1. The normalized spacial score (nSPS) is 27.6. The van der Waals surface area contributed by atoms with Crippen molar-refractivity contribution in [2.75, 3.05) is 6.54 Å². The van der Waals surface area contributed by atoms with E-state index >= 15 is 0 Å². The Labute approximate surface area is 68.6 Å². The van der Waals surface area contributed by atoms with Crippen LogP contribution in [0.25, 0.3) is 0 Å². The molecule has 0 aromatic rings. The highest BCUT2D eigenvalue weighted by Crippen LogP contribution is 2.21. The molecule has 1 heterocycles. The summed E-state index contributed by atoms with van der Waals surface area (Å²) < 4.78 is 0. The van der Waals surface area contributed by atoms with Gasteiger partial charge in [0.1, 0.15) is 0 Å². The smallest absolute Gasteiger partial charge is 0.227 e. The number of fused-ring (bicyclic) bond motifs is 1. The minimum Gasteiger partial charge on any atom is -0.386 e. The minimum atomic E-state index is -0.659. The lowest BCUT2D eigenvalue weighted by atomic mass is 10.0. The van der Waals surface area contributed by atoms with Gasteiger partial charge < -0.3 is 10.4 Å². The van der Waals surface area contributed by atoms with Crippen molar-refractivity contribution >= 4 is 11.6 Å². The van der Waals surface area contributed by atoms with Crippen LogP contribution in [0, 0.1) is 0 Å². The van der Waals surface area contributed by atoms with E-state index in [4.69, 9.17) is 0 Å². The number of ketones is 2. The molecular formula is C8H7NO3. The summed E-state index contributed by atoms with van der Waals surface area (Å²) in [6.07, 6.45) is 1.77. The Bertz CT molecular complexity index is 327. The molecule has 1 aliphatic heterocycles. The maximum atomic E-state index is 10.9. The first kappa shape index (κ1) is 7.24. The molecule has 2 rings (SSSR count). The fourth-order valence-electron chi connectivity index (χ4n) is 1.32. The highest BCUT2D eigenvalue weighted by molar-refractivity contribution is 6.46. The summed E-state index contributed by atoms with van der Waals surface area (Å²) in [5, 5.41) is 12.1. The summed E-state index contributed by atoms with van der Waals surface area (Å²) in [6, 6.07) is 0. The largest absolute Gasteiger partial charge is 0.386 e. The van der Waals surface area contributed by atoms with Gasteiger partial charge in [-0.05, 0) is 6.08 Å². The number of hydrogen-bond donors (Lipinski definition) is 2. The SMILES string of the molecule is O=C1C=C2NC[C@H](O)C2=CC1=O. The average Bonchev–Trinajstić information content (AvgIpc) is 2.35. The summed E-state index contributed by atoms with van der Waals surface area (Å²) >= 11 is 0. The number of hydrogen-bond acceptors (Lipinski definition) is 4. The highest BCUT2D eigenvalue weighted by atomic mass is 16.3. The predicted molar refractivity (Wildman–Crippen MR) is 40.2 cm³/mol. The minimum absolute atomic E-state index is 0.373. The molecule has 1 saturated heterocycles. The Balaban J connectivity index is 2.44. The number of aliphatic hydroxyl groups excluding tert-OH is 1. The van der Waals surface area contributed by atoms with Crippen LogP contribution in [0.1, 0.15) is 0 Å². The van der Waals surface area contributed by atoms with Crippen LogP contribution in [0.5, 0.6) is 0 Å². The fraction of sp³-hybridized carbons (Fsp3) is 0.250. The second kappa shape index (κ2) is 2.28. The molecule has 1 fully saturated rings. The Morgan fingerprint density at radius 2 is 2.00 bits per heavy atom. The summed E-state index contributed by atoms with van der Waals surface area (Å²) in [7, 11) is 0. The van der Waals surface area contributed by atoms with Crippen molar-refractivity contribution in [1.29, 1.82) is 0 Å². The Hall–Kier alpha value is -1.42. The number of carbonyl (C=O) groups excluding carboxylic acids is 2. The molecule has 1 aliphatic carbocycles. The van der Waals surface area contributed by atoms with Gasteiger partial charge in [0.15, 0.2) is 0 Å². The molecule has 4 heteroatoms. The molecule has 2 N–H and O–H groups in total. The zero-order chi connectivity index (χ0) is 8.72. The molecule has 0 aromatic carbocycles. The van der Waals surface area contributed by atoms with E-state index < -0.39 is 17.7 Å². The van der Waals surface area contributed by atoms with Crippen molar-refractivity contribution in [3.8, 4) is 0 Å². The first-order valence-corrected chi connectivity index (χ1v) is 3.62. The van der Waals surface area contributed by atoms with Crippen LogP contribution in [0.15, 0.2) is 23.4 Å². The van der Waals surface area contributed by atoms with E-state index in [1.165, 1.54) is 12.2 Å². The van der Waals surface area contributed by atoms with Crippen LogP contribution in [0.4, 0.5) is 0 Å². The molecule has 1 atom stereocenters. The summed E-state index contributed by atoms with van der Waals surface area (Å²) in [5.74, 6) is -1.09. The number of allylic oxidation sites excluding steroid dienone is 2. The highest BCUT2D eigenvalue weighted by Gasteiger charge is 2.29. The van der Waals surface area contributed by atoms with Crippen LogP contribution in [0.2, 0.25) is 0 Å². The molecule has 0 aromatic heterocycles. The lowest BCUT2D eigenvalue weighted by Gasteiger charge is -2.06. The maximum Gasteiger partial charge on any atom is 0.227 e. The number of carbonyl (C=O) groups is 2. The molecule has 0 saturated carbocycles. The molecule has 4 nitrogen and oxygen atoms in total. The van der Waals surface area contributed by atoms with Gasteiger partial charge in [-0.15, -0.1) is 0 Å². The van der Waals surface area contributed by atoms with Gasteiger partial charge in [-0.25, -0.2) is 0 Å². The Kier molecular flexibility index (Phi) is 1.38. The van der Waals surface area contributed by atoms with Gasteiger partial charge in [0, 0.05) is 23.9 Å². The molecular weight excluding hydrogens is 158 g/mol. The van der Waals surface area contributed by atoms with Crippen molar-refractivity contribution in [1.82, 2.24) is 5.32 Å². The Morgan fingerprint density at radius 1 is 1.33 bits per heavy atom. The number of aliphatic hydroxyl groups is 1. The third-order valence-electron chi connectivity index (χ3n) is 1.96. The van der Waals surface area contributed by atoms with Gasteiger partial charge in [-0.2, -0.15) is 0 Å². The first-order valence-electron chi connectivity index (χ1n) is 3.62. The van der Waals surface area contributed by atoms with E-state index in [2.05, 4.69) is 5.32 Å². The van der Waals surface area contributed by atoms with Gasteiger partial charge in [0.2, 0.25) is 11.6 Å². The van der Waals surface area contributed by atoms with Gasteiger partial charge in [-0.1, -0.05) is 0 Å². The lowest BCUT2D eigenvalue weighted by Crippen LogP contribution is -2.17. The van der Waals surface area contributed by atoms with Crippen LogP contribution in [0.3, 0.4) is 0 Å². The average molecular weight is 165 g/mol. The molecule has 2 aliphatic rings. The Morgan fingerprint density at radius 3 is 2.75 bits per heavy atom. The third-order valence-corrected chi connectivity index (χ3v) is 1.96. The number of rotatable bonds is 0. The standard InChI is InChI=1S/C8H7NO3/c10-6-1-4-5(2-7(6)11)9-3-8(4)12/h1-2,8-9,12H,3H2/t8-/m0/s1. The molecule has 0 amide bonds. The zero-order valence-electron chi connectivity index (χ0n) is 6.20. The van der Waals surface area contributed by atoms with Crippen molar-refractivity contribution in [3.63, 3.8) is 0 Å². The van der Waals surface area contributed by atoms with E-state index in [1.54, 1.807) is 0 Å². The van der Waals surface area contributed by atoms with Crippen molar-refractivity contribution in [2.24, 2.45) is 0 Å². The van der Waals surface area contributed by atoms with Gasteiger partial charge in [-0.3, -0.25) is 9.59 Å². The van der Waals surface area contributed by atoms with E-state index in [0.717, 1.165) is 0 Å². The molecule has 12 heavy (non-hydrogen) atoms. The van der Waals surface area contributed by atoms with E-state index in [-0.39, 0.29) is 0 Å². The monoisotopic (exact) mass is 165 g/mol.